The molecule has 0 aliphatic carbocycles. The second kappa shape index (κ2) is 8.10. The van der Waals surface area contributed by atoms with Crippen molar-refractivity contribution in [2.45, 2.75) is 13.8 Å². The zero-order valence-electron chi connectivity index (χ0n) is 14.9. The number of benzene rings is 1. The Labute approximate surface area is 162 Å². The largest absolute Gasteiger partial charge is 0.365 e. The molecule has 0 saturated carbocycles. The Balaban J connectivity index is 1.76. The van der Waals surface area contributed by atoms with Gasteiger partial charge in [-0.1, -0.05) is 37.6 Å². The maximum atomic E-state index is 12.4. The topological polar surface area (TPSA) is 52.7 Å². The van der Waals surface area contributed by atoms with Crippen molar-refractivity contribution in [1.82, 2.24) is 4.90 Å². The predicted octanol–water partition coefficient (Wildman–Crippen LogP) is 3.96. The molecule has 1 aliphatic rings. The molecule has 1 saturated heterocycles. The number of amides is 2. The van der Waals surface area contributed by atoms with Crippen LogP contribution in [-0.4, -0.2) is 42.9 Å². The van der Waals surface area contributed by atoms with Crippen LogP contribution in [-0.2, 0) is 4.79 Å². The number of halogens is 1. The molecule has 138 valence electrons. The number of carbonyl (C=O) groups excluding carboxylic acids is 2. The summed E-state index contributed by atoms with van der Waals surface area (Å²) in [5.74, 6) is 0.0367. The van der Waals surface area contributed by atoms with Gasteiger partial charge in [0, 0.05) is 32.1 Å². The molecule has 0 atom stereocenters. The van der Waals surface area contributed by atoms with E-state index in [0.29, 0.717) is 41.8 Å². The number of para-hydroxylation sites is 1. The molecule has 2 heterocycles. The van der Waals surface area contributed by atoms with Crippen molar-refractivity contribution in [3.05, 3.63) is 45.6 Å². The molecule has 2 amide bonds. The van der Waals surface area contributed by atoms with Crippen LogP contribution in [0.1, 0.15) is 23.5 Å². The molecule has 1 aliphatic heterocycles. The van der Waals surface area contributed by atoms with Crippen LogP contribution in [0.5, 0.6) is 0 Å². The normalized spacial score (nSPS) is 14.6. The van der Waals surface area contributed by atoms with E-state index in [1.54, 1.807) is 6.07 Å². The average molecular weight is 392 g/mol. The molecule has 7 heteroatoms. The van der Waals surface area contributed by atoms with Gasteiger partial charge in [-0.05, 0) is 23.6 Å². The highest BCUT2D eigenvalue weighted by Crippen LogP contribution is 2.35. The van der Waals surface area contributed by atoms with Crippen LogP contribution in [0.3, 0.4) is 0 Å². The average Bonchev–Trinajstić information content (AvgIpc) is 3.16. The summed E-state index contributed by atoms with van der Waals surface area (Å²) in [6.07, 6.45) is 0. The molecule has 1 N–H and O–H groups in total. The minimum atomic E-state index is -0.142. The van der Waals surface area contributed by atoms with E-state index in [0.717, 1.165) is 5.69 Å². The number of hydrogen-bond donors (Lipinski definition) is 1. The number of anilines is 2. The molecule has 3 rings (SSSR count). The maximum absolute atomic E-state index is 12.4. The van der Waals surface area contributed by atoms with Gasteiger partial charge < -0.3 is 15.1 Å². The van der Waals surface area contributed by atoms with E-state index in [4.69, 9.17) is 11.6 Å². The first-order valence-electron chi connectivity index (χ1n) is 8.64. The van der Waals surface area contributed by atoms with E-state index in [9.17, 15) is 9.59 Å². The number of thiophene rings is 1. The van der Waals surface area contributed by atoms with Gasteiger partial charge in [-0.2, -0.15) is 0 Å². The molecule has 26 heavy (non-hydrogen) atoms. The summed E-state index contributed by atoms with van der Waals surface area (Å²) in [5.41, 5.74) is 1.51. The van der Waals surface area contributed by atoms with Gasteiger partial charge in [0.2, 0.25) is 5.91 Å². The van der Waals surface area contributed by atoms with E-state index in [-0.39, 0.29) is 17.7 Å². The lowest BCUT2D eigenvalue weighted by molar-refractivity contribution is -0.134. The summed E-state index contributed by atoms with van der Waals surface area (Å²) < 4.78 is 0. The molecule has 2 aromatic rings. The second-order valence-electron chi connectivity index (χ2n) is 6.53. The summed E-state index contributed by atoms with van der Waals surface area (Å²) in [6.45, 7) is 6.51. The summed E-state index contributed by atoms with van der Waals surface area (Å²) in [4.78, 5) is 29.3. The number of nitrogens with one attached hydrogen (secondary N) is 1. The minimum Gasteiger partial charge on any atom is -0.365 e. The zero-order valence-corrected chi connectivity index (χ0v) is 16.4. The van der Waals surface area contributed by atoms with Crippen LogP contribution in [0, 0.1) is 5.92 Å². The first-order valence-corrected chi connectivity index (χ1v) is 9.90. The second-order valence-corrected chi connectivity index (χ2v) is 7.89. The fraction of sp³-hybridized carbons (Fsp3) is 0.368. The van der Waals surface area contributed by atoms with E-state index < -0.39 is 0 Å². The lowest BCUT2D eigenvalue weighted by Crippen LogP contribution is -2.50. The standard InChI is InChI=1S/C19H22ClN3O2S/c1-13(2)19(25)23-10-8-22(9-11-23)17-14(20)5-3-6-15(17)21-18(24)16-7-4-12-26-16/h3-7,12-13H,8-11H2,1-2H3,(H,21,24). The molecule has 1 aromatic heterocycles. The molecular formula is C19H22ClN3O2S. The lowest BCUT2D eigenvalue weighted by atomic mass is 10.1. The number of hydrogen-bond acceptors (Lipinski definition) is 4. The van der Waals surface area contributed by atoms with E-state index in [1.807, 2.05) is 48.4 Å². The molecule has 0 unspecified atom stereocenters. The summed E-state index contributed by atoms with van der Waals surface area (Å²) >= 11 is 7.85. The Morgan fingerprint density at radius 2 is 1.85 bits per heavy atom. The molecule has 1 fully saturated rings. The first-order chi connectivity index (χ1) is 12.5. The summed E-state index contributed by atoms with van der Waals surface area (Å²) in [7, 11) is 0. The monoisotopic (exact) mass is 391 g/mol. The van der Waals surface area contributed by atoms with E-state index in [2.05, 4.69) is 10.2 Å². The van der Waals surface area contributed by atoms with Crippen molar-refractivity contribution < 1.29 is 9.59 Å². The van der Waals surface area contributed by atoms with Crippen molar-refractivity contribution in [3.8, 4) is 0 Å². The Kier molecular flexibility index (Phi) is 5.84. The van der Waals surface area contributed by atoms with Gasteiger partial charge in [0.1, 0.15) is 0 Å². The molecule has 1 aromatic carbocycles. The van der Waals surface area contributed by atoms with Crippen LogP contribution < -0.4 is 10.2 Å². The third-order valence-corrected chi connectivity index (χ3v) is 5.56. The maximum Gasteiger partial charge on any atom is 0.265 e. The fourth-order valence-corrected chi connectivity index (χ4v) is 3.96. The molecule has 0 spiro atoms. The summed E-state index contributed by atoms with van der Waals surface area (Å²) in [6, 6.07) is 9.15. The van der Waals surface area contributed by atoms with Crippen molar-refractivity contribution in [3.63, 3.8) is 0 Å². The summed E-state index contributed by atoms with van der Waals surface area (Å²) in [5, 5.41) is 5.44. The highest BCUT2D eigenvalue weighted by atomic mass is 35.5. The minimum absolute atomic E-state index is 0.00232. The quantitative estimate of drug-likeness (QED) is 0.858. The van der Waals surface area contributed by atoms with Crippen molar-refractivity contribution in [2.75, 3.05) is 36.4 Å². The molecule has 0 radical (unpaired) electrons. The zero-order chi connectivity index (χ0) is 18.7. The van der Waals surface area contributed by atoms with Crippen LogP contribution in [0.15, 0.2) is 35.7 Å². The van der Waals surface area contributed by atoms with Gasteiger partial charge in [0.25, 0.3) is 5.91 Å². The molecule has 0 bridgehead atoms. The Hall–Kier alpha value is -2.05. The van der Waals surface area contributed by atoms with Crippen LogP contribution in [0.4, 0.5) is 11.4 Å². The number of nitrogens with zero attached hydrogens (tertiary/aromatic N) is 2. The number of carbonyl (C=O) groups is 2. The highest BCUT2D eigenvalue weighted by Gasteiger charge is 2.25. The number of piperazine rings is 1. The van der Waals surface area contributed by atoms with Crippen LogP contribution in [0.2, 0.25) is 5.02 Å². The van der Waals surface area contributed by atoms with Gasteiger partial charge in [-0.15, -0.1) is 11.3 Å². The Morgan fingerprint density at radius 3 is 2.46 bits per heavy atom. The smallest absolute Gasteiger partial charge is 0.265 e. The van der Waals surface area contributed by atoms with Crippen LogP contribution >= 0.6 is 22.9 Å². The fourth-order valence-electron chi connectivity index (χ4n) is 3.04. The van der Waals surface area contributed by atoms with Gasteiger partial charge in [0.05, 0.1) is 21.3 Å². The first kappa shape index (κ1) is 18.7. The lowest BCUT2D eigenvalue weighted by Gasteiger charge is -2.38. The van der Waals surface area contributed by atoms with Crippen molar-refractivity contribution in [1.29, 1.82) is 0 Å². The molecular weight excluding hydrogens is 370 g/mol. The van der Waals surface area contributed by atoms with Gasteiger partial charge in [-0.25, -0.2) is 0 Å². The van der Waals surface area contributed by atoms with Gasteiger partial charge in [-0.3, -0.25) is 9.59 Å². The SMILES string of the molecule is CC(C)C(=O)N1CCN(c2c(Cl)cccc2NC(=O)c2cccs2)CC1. The van der Waals surface area contributed by atoms with Gasteiger partial charge in [0.15, 0.2) is 0 Å². The van der Waals surface area contributed by atoms with Crippen molar-refractivity contribution in [2.24, 2.45) is 5.92 Å². The molecule has 5 nitrogen and oxygen atoms in total. The third kappa shape index (κ3) is 4.02. The van der Waals surface area contributed by atoms with E-state index >= 15 is 0 Å². The van der Waals surface area contributed by atoms with Crippen molar-refractivity contribution >= 4 is 46.1 Å². The number of rotatable bonds is 4. The van der Waals surface area contributed by atoms with E-state index in [1.165, 1.54) is 11.3 Å². The Bertz CT molecular complexity index is 784. The van der Waals surface area contributed by atoms with Crippen LogP contribution in [0.25, 0.3) is 0 Å². The van der Waals surface area contributed by atoms with Gasteiger partial charge >= 0.3 is 0 Å². The predicted molar refractivity (Wildman–Crippen MR) is 107 cm³/mol. The Morgan fingerprint density at radius 1 is 1.12 bits per heavy atom. The highest BCUT2D eigenvalue weighted by molar-refractivity contribution is 7.12. The third-order valence-electron chi connectivity index (χ3n) is 4.38.